The molecule has 2 atom stereocenters. The number of fused-ring (bicyclic) bond motifs is 25. The van der Waals surface area contributed by atoms with Crippen molar-refractivity contribution in [3.8, 4) is 94.8 Å². The van der Waals surface area contributed by atoms with Gasteiger partial charge in [-0.1, -0.05) is 407 Å². The summed E-state index contributed by atoms with van der Waals surface area (Å²) < 4.78 is 479. The molecule has 25 aromatic rings. The molecule has 2 aliphatic carbocycles. The van der Waals surface area contributed by atoms with Crippen LogP contribution in [-0.2, 0) is 5.41 Å². The van der Waals surface area contributed by atoms with E-state index in [1.165, 1.54) is 0 Å². The zero-order valence-corrected chi connectivity index (χ0v) is 67.7. The molecule has 130 heavy (non-hydrogen) atoms. The molecule has 1 aliphatic heterocycles. The summed E-state index contributed by atoms with van der Waals surface area (Å²) in [5, 5.41) is -3.90. The summed E-state index contributed by atoms with van der Waals surface area (Å²) in [6, 6.07) is 8.48. The molecular weight excluding hydrogens is 1570 g/mol. The van der Waals surface area contributed by atoms with Crippen molar-refractivity contribution in [1.82, 2.24) is 0 Å². The van der Waals surface area contributed by atoms with Gasteiger partial charge in [-0.15, -0.1) is 0 Å². The SMILES string of the molecule is [2H]C1=C([2H])C2Oc3c([2H])c([2H])c(-c4c5c([2H])c([2H])c([2H])c([2H])c5c(-c5cccc6ccccc56)c5c([2H])c([2H])c([2H])c([2H])c45)c([2H])c3C2c2c([2H])c([2H])c([2H])c([2H])c21.[2H]c1c(-c2c3c([2H])c([2H])c([2H])c([2H])c3c(-c3cccc4c3-c3ccccc3C4(C)C)c3c([2H])c([2H])c([2H])c([2H])c23)c([2H])c2c(oc3c([2H])c([2H])c4c([2H])c([2H])c([2H])c([2H])c4c32)c1[2H].[2H]c1c(-c2c3c([2H])c([2H])c([2H])c([2H])c3c(-c3ccccc3-c3ccccc3)c3c([2H])c([2H])c([2H])c([2H])c23)c([2H])c2c(oc3c([2H])c([2H])c4c([2H])c([2H])c([2H])c([2H])c4c32)c1[2H]. The Kier molecular flexibility index (Phi) is 9.19. The van der Waals surface area contributed by atoms with Crippen LogP contribution in [0.5, 0.6) is 5.75 Å². The first-order chi connectivity index (χ1) is 85.5. The van der Waals surface area contributed by atoms with Crippen molar-refractivity contribution < 1.29 is 83.5 Å². The summed E-state index contributed by atoms with van der Waals surface area (Å²) in [6.07, 6.45) is -1.45. The quantitative estimate of drug-likeness (QED) is 0.149. The maximum absolute atomic E-state index is 9.92. The minimum absolute atomic E-state index is 0.0324. The lowest BCUT2D eigenvalue weighted by molar-refractivity contribution is 0.267. The van der Waals surface area contributed by atoms with E-state index in [9.17, 15) is 28.8 Å². The molecule has 0 fully saturated rings. The molecule has 0 radical (unpaired) electrons. The first-order valence-electron chi connectivity index (χ1n) is 66.6. The number of furan rings is 2. The molecule has 3 nitrogen and oxygen atoms in total. The van der Waals surface area contributed by atoms with Gasteiger partial charge >= 0.3 is 0 Å². The van der Waals surface area contributed by atoms with Crippen LogP contribution in [0.4, 0.5) is 0 Å². The van der Waals surface area contributed by atoms with Crippen molar-refractivity contribution in [1.29, 1.82) is 0 Å². The number of hydrogen-bond acceptors (Lipinski definition) is 3. The van der Waals surface area contributed by atoms with Crippen LogP contribution in [0, 0.1) is 0 Å². The van der Waals surface area contributed by atoms with Crippen LogP contribution in [-0.4, -0.2) is 6.10 Å². The normalized spacial score (nSPS) is 19.7. The Labute approximate surface area is 823 Å². The monoisotopic (exact) mass is 1710 g/mol. The van der Waals surface area contributed by atoms with Crippen molar-refractivity contribution in [3.63, 3.8) is 0 Å². The van der Waals surface area contributed by atoms with Gasteiger partial charge in [-0.25, -0.2) is 0 Å². The topological polar surface area (TPSA) is 35.5 Å². The van der Waals surface area contributed by atoms with Crippen LogP contribution >= 0.6 is 0 Å². The largest absolute Gasteiger partial charge is 0.485 e. The Balaban J connectivity index is 0.000000130. The predicted molar refractivity (Wildman–Crippen MR) is 549 cm³/mol. The highest BCUT2D eigenvalue weighted by atomic mass is 16.5. The van der Waals surface area contributed by atoms with Gasteiger partial charge < -0.3 is 13.6 Å². The molecule has 3 aliphatic rings. The second-order valence-electron chi connectivity index (χ2n) is 31.7. The van der Waals surface area contributed by atoms with Crippen molar-refractivity contribution in [2.75, 3.05) is 0 Å². The van der Waals surface area contributed by atoms with E-state index in [0.717, 1.165) is 22.1 Å². The van der Waals surface area contributed by atoms with Crippen LogP contribution < -0.4 is 4.74 Å². The molecule has 2 aromatic heterocycles. The molecule has 23 aromatic carbocycles. The van der Waals surface area contributed by atoms with Crippen molar-refractivity contribution in [3.05, 3.63) is 469 Å². The molecule has 3 heteroatoms. The van der Waals surface area contributed by atoms with E-state index in [2.05, 4.69) is 0 Å². The molecule has 2 unspecified atom stereocenters. The summed E-state index contributed by atoms with van der Waals surface area (Å²) in [6.45, 7) is 4.09. The van der Waals surface area contributed by atoms with Crippen molar-refractivity contribution in [2.45, 2.75) is 31.3 Å². The van der Waals surface area contributed by atoms with E-state index in [4.69, 9.17) is 54.7 Å². The average Bonchev–Trinajstić information content (AvgIpc) is 1.67. The molecule has 0 saturated heterocycles. The Hall–Kier alpha value is -16.5. The van der Waals surface area contributed by atoms with Crippen molar-refractivity contribution in [2.24, 2.45) is 0 Å². The van der Waals surface area contributed by atoms with Crippen molar-refractivity contribution >= 4 is 147 Å². The molecule has 0 spiro atoms. The van der Waals surface area contributed by atoms with E-state index >= 15 is 0 Å². The fraction of sp³-hybridized carbons (Fsp3) is 0.0394. The van der Waals surface area contributed by atoms with Gasteiger partial charge in [0.05, 0.1) is 75.8 Å². The maximum atomic E-state index is 9.92. The Morgan fingerprint density at radius 1 is 0.246 bits per heavy atom. The molecular formula is C127H82O3. The van der Waals surface area contributed by atoms with Crippen LogP contribution in [0.3, 0.4) is 0 Å². The second kappa shape index (κ2) is 29.9. The number of rotatable bonds is 7. The molecule has 0 bridgehead atoms. The summed E-state index contributed by atoms with van der Waals surface area (Å²) >= 11 is 0. The van der Waals surface area contributed by atoms with E-state index in [1.54, 1.807) is 78.9 Å². The van der Waals surface area contributed by atoms with Crippen LogP contribution in [0.25, 0.3) is 236 Å². The zero-order valence-electron chi connectivity index (χ0n) is 119. The van der Waals surface area contributed by atoms with E-state index in [-0.39, 0.29) is 164 Å². The standard InChI is InChI=1S/C45H30O.C42H26O.C40H26O/c1-45(2)37-20-10-9-18-34(37)43-35(19-11-21-38(43)45)42-32-16-7-5-14-30(32)41(31-15-6-8-17-33(31)42)28-23-24-39-36(26-28)44-29-13-4-3-12-27(29)22-25-40(44)46-39;1-2-12-27(13-3-1)30-15-6-7-17-32(30)41-35-20-10-8-18-33(35)40(34-19-9-11-21-36(34)41)29-23-24-38-37(26-29)42-31-16-5-4-14-28(31)22-25-39(42)43-38;1-3-13-28-25(10-1)12-9-19-30(28)39-33-17-7-5-15-31(33)38(32-16-6-8-18-34(32)39)27-21-22-36-35(24-27)40-29-14-4-2-11-26(29)20-23-37(40)41-36/h3-26H,1-2H3;1-26H;1-24,37,40H/i3D,4D,5D,6D,7D,8D,12D,13D,14D,15D,16D,17D,22D,23D,24D,25D,26D;4D,5D,8D,9D,10D,11D,14D,16D,18D,19D,20D,21D,22D,23D,24D,25D,26D;2D,4D,5D,6D,7D,8D,11D,14D,15D,16D,17D,18D,20D,21D,22D,23D,24D. The van der Waals surface area contributed by atoms with Gasteiger partial charge in [0.2, 0.25) is 0 Å². The lowest BCUT2D eigenvalue weighted by atomic mass is 9.80. The highest BCUT2D eigenvalue weighted by Gasteiger charge is 2.40. The highest BCUT2D eigenvalue weighted by Crippen LogP contribution is 2.57. The highest BCUT2D eigenvalue weighted by molar-refractivity contribution is 6.29. The smallest absolute Gasteiger partial charge is 0.136 e. The summed E-state index contributed by atoms with van der Waals surface area (Å²) in [4.78, 5) is 0. The Morgan fingerprint density at radius 3 is 1.19 bits per heavy atom. The van der Waals surface area contributed by atoms with Gasteiger partial charge in [-0.05, 0) is 263 Å². The van der Waals surface area contributed by atoms with Gasteiger partial charge in [0.25, 0.3) is 0 Å². The summed E-state index contributed by atoms with van der Waals surface area (Å²) in [7, 11) is 0. The summed E-state index contributed by atoms with van der Waals surface area (Å²) in [5.74, 6) is -1.74. The second-order valence-corrected chi connectivity index (χ2v) is 31.7. The molecule has 0 saturated carbocycles. The molecule has 608 valence electrons. The van der Waals surface area contributed by atoms with E-state index < -0.39 is 365 Å². The molecule has 0 N–H and O–H groups in total. The van der Waals surface area contributed by atoms with Gasteiger partial charge in [0.1, 0.15) is 34.2 Å². The van der Waals surface area contributed by atoms with Crippen LogP contribution in [0.2, 0.25) is 0 Å². The molecule has 28 rings (SSSR count). The third kappa shape index (κ3) is 11.7. The van der Waals surface area contributed by atoms with E-state index in [1.807, 2.05) is 74.5 Å². The van der Waals surface area contributed by atoms with Gasteiger partial charge in [-0.3, -0.25) is 0 Å². The minimum atomic E-state index is -1.45. The lowest BCUT2D eigenvalue weighted by Crippen LogP contribution is -2.20. The zero-order chi connectivity index (χ0) is 130. The average molecular weight is 1710 g/mol. The third-order valence-corrected chi connectivity index (χ3v) is 24.5. The van der Waals surface area contributed by atoms with E-state index in [0.29, 0.717) is 38.8 Å². The predicted octanol–water partition coefficient (Wildman–Crippen LogP) is 35.1. The van der Waals surface area contributed by atoms with Gasteiger partial charge in [0, 0.05) is 32.5 Å². The summed E-state index contributed by atoms with van der Waals surface area (Å²) in [5.41, 5.74) is 0.426. The number of hydrogen-bond donors (Lipinski definition) is 0. The fourth-order valence-electron chi connectivity index (χ4n) is 19.0. The first kappa shape index (κ1) is 40.0. The number of benzene rings is 23. The lowest BCUT2D eigenvalue weighted by Gasteiger charge is -2.23. The first-order valence-corrected chi connectivity index (χ1v) is 41.1. The number of ether oxygens (including phenoxy) is 1. The Morgan fingerprint density at radius 2 is 0.638 bits per heavy atom. The Bertz CT molecular complexity index is 12200. The van der Waals surface area contributed by atoms with Crippen LogP contribution in [0.1, 0.15) is 117 Å². The van der Waals surface area contributed by atoms with Crippen LogP contribution in [0.15, 0.2) is 450 Å². The molecule has 0 amide bonds. The fourth-order valence-corrected chi connectivity index (χ4v) is 19.0. The van der Waals surface area contributed by atoms with Gasteiger partial charge in [0.15, 0.2) is 0 Å². The minimum Gasteiger partial charge on any atom is -0.485 e. The maximum Gasteiger partial charge on any atom is 0.136 e. The third-order valence-electron chi connectivity index (χ3n) is 24.5. The molecule has 3 heterocycles. The van der Waals surface area contributed by atoms with Gasteiger partial charge in [-0.2, -0.15) is 0 Å².